The standard InChI is InChI=1S/C18H20N4O2S.C17H19N5O2S.C16H18N4OS.C13H12N4OS.C12H10N4OS.CO2/c1-5-24-18(23)15-11-12-14(21(2)3)9-8-13(17(12)25-15)19-20-16-7-6-10-22(16)4;1-5-24-17(23)14-8-11-13(21(2)3)7-6-12(16(11)25-14)19-20-15-9-18-10-22(15)4;1-4-11-7-13(21)12-6-10(3)22-16(12)15(11)19-18-14-8-17-9-20(14)5-2;1-8-7-9-11(18)4-3-10(13(9)19-8)15-16-12-5-6-14-17(12)2;1-7-4-8-10(17)3-2-9(12(8)18-7)15-16-11-5-13-6-14-11;2-1-3/h6-11H,5H2,1-4H3;6-10H,5H2,1-4H3;6-9,21H,4-5H2,1-3H3;3-7,18H,1-2H3;2-6,17H,1H3,(H,13,14);. The first-order valence-corrected chi connectivity index (χ1v) is 38.7. The van der Waals surface area contributed by atoms with Crippen molar-refractivity contribution in [1.82, 2.24) is 43.4 Å². The SMILES string of the molecule is CCOC(=O)c1cc2c(N(C)C)ccc(N=Nc3cccn3C)c2s1.CCOC(=O)c1cc2c(N(C)C)ccc(N=Nc3cncn3C)c2s1.CCc1cc(O)c2cc(C)sc2c1N=Nc1cncn1CC.Cc1cc2c(O)ccc(N=Nc3ccnn3C)c2s1.Cc1cc2c(O)ccc(N=Nc3cnc[nH]3)c2s1.O=C=O. The summed E-state index contributed by atoms with van der Waals surface area (Å²) in [7, 11) is 13.5. The highest BCUT2D eigenvalue weighted by molar-refractivity contribution is 7.22. The monoisotopic (exact) mass is 1600 g/mol. The number of nitrogens with zero attached hydrogens (tertiary/aromatic N) is 20. The number of hydrogen-bond acceptors (Lipinski definition) is 30. The molecule has 30 nitrogen and oxygen atoms in total. The minimum atomic E-state index is -0.317. The molecule has 112 heavy (non-hydrogen) atoms. The number of aromatic nitrogens is 9. The lowest BCUT2D eigenvalue weighted by Gasteiger charge is -2.14. The van der Waals surface area contributed by atoms with Crippen molar-refractivity contribution in [2.75, 3.05) is 51.2 Å². The van der Waals surface area contributed by atoms with Crippen LogP contribution in [0.15, 0.2) is 204 Å². The van der Waals surface area contributed by atoms with Crippen molar-refractivity contribution < 1.29 is 44.0 Å². The maximum absolute atomic E-state index is 12.1. The van der Waals surface area contributed by atoms with Crippen LogP contribution >= 0.6 is 56.7 Å². The Hall–Kier alpha value is -12.7. The predicted octanol–water partition coefficient (Wildman–Crippen LogP) is 21.8. The maximum Gasteiger partial charge on any atom is 0.373 e. The summed E-state index contributed by atoms with van der Waals surface area (Å²) in [5.74, 6) is 3.70. The second kappa shape index (κ2) is 38.1. The number of rotatable bonds is 18. The van der Waals surface area contributed by atoms with E-state index in [0.29, 0.717) is 51.9 Å². The van der Waals surface area contributed by atoms with Gasteiger partial charge in [-0.1, -0.05) is 6.92 Å². The van der Waals surface area contributed by atoms with Crippen LogP contribution in [0.2, 0.25) is 0 Å². The van der Waals surface area contributed by atoms with Crippen LogP contribution in [0.4, 0.5) is 68.9 Å². The zero-order valence-corrected chi connectivity index (χ0v) is 67.6. The molecule has 35 heteroatoms. The maximum atomic E-state index is 12.1. The van der Waals surface area contributed by atoms with Crippen LogP contribution in [0.5, 0.6) is 17.2 Å². The first-order chi connectivity index (χ1) is 53.9. The molecule has 4 N–H and O–H groups in total. The number of aromatic amines is 1. The van der Waals surface area contributed by atoms with Crippen LogP contribution in [0.1, 0.15) is 67.2 Å². The molecule has 0 aliphatic heterocycles. The minimum Gasteiger partial charge on any atom is -0.507 e. The number of benzene rings is 5. The molecule has 0 unspecified atom stereocenters. The molecule has 0 radical (unpaired) electrons. The van der Waals surface area contributed by atoms with E-state index in [1.165, 1.54) is 22.7 Å². The molecule has 576 valence electrons. The summed E-state index contributed by atoms with van der Waals surface area (Å²) in [6, 6.07) is 31.6. The van der Waals surface area contributed by atoms with Gasteiger partial charge in [-0.3, -0.25) is 0 Å². The number of ether oxygens (including phenoxy) is 2. The number of esters is 2. The van der Waals surface area contributed by atoms with E-state index in [0.717, 1.165) is 129 Å². The van der Waals surface area contributed by atoms with E-state index in [9.17, 15) is 24.9 Å². The Labute approximate surface area is 662 Å². The fraction of sp³-hybridized carbons (Fsp3) is 0.234. The van der Waals surface area contributed by atoms with E-state index in [-0.39, 0.29) is 29.6 Å². The lowest BCUT2D eigenvalue weighted by Crippen LogP contribution is -2.08. The fourth-order valence-electron chi connectivity index (χ4n) is 11.0. The molecule has 15 aromatic rings. The lowest BCUT2D eigenvalue weighted by molar-refractivity contribution is -0.191. The number of phenolic OH excluding ortho intramolecular Hbond substituents is 3. The first-order valence-electron chi connectivity index (χ1n) is 34.6. The van der Waals surface area contributed by atoms with Gasteiger partial charge in [-0.05, 0) is 151 Å². The quantitative estimate of drug-likeness (QED) is 0.0458. The lowest BCUT2D eigenvalue weighted by atomic mass is 10.1. The summed E-state index contributed by atoms with van der Waals surface area (Å²) in [6.07, 6.45) is 14.6. The number of H-pyrrole nitrogens is 1. The van der Waals surface area contributed by atoms with Gasteiger partial charge in [0.2, 0.25) is 0 Å². The smallest absolute Gasteiger partial charge is 0.373 e. The van der Waals surface area contributed by atoms with Crippen molar-refractivity contribution in [3.63, 3.8) is 0 Å². The largest absolute Gasteiger partial charge is 0.507 e. The average Bonchev–Trinajstić information content (AvgIpc) is 1.65. The summed E-state index contributed by atoms with van der Waals surface area (Å²) in [4.78, 5) is 63.9. The number of nitrogens with one attached hydrogen (secondary N) is 1. The normalized spacial score (nSPS) is 11.3. The Kier molecular flexibility index (Phi) is 27.9. The number of imidazole rings is 3. The Morgan fingerprint density at radius 1 is 0.500 bits per heavy atom. The van der Waals surface area contributed by atoms with Crippen molar-refractivity contribution in [3.05, 3.63) is 183 Å². The molecule has 10 aromatic heterocycles. The molecule has 0 saturated carbocycles. The molecule has 15 rings (SSSR count). The van der Waals surface area contributed by atoms with Crippen molar-refractivity contribution in [3.8, 4) is 17.2 Å². The molecule has 5 aromatic carbocycles. The number of fused-ring (bicyclic) bond motifs is 5. The number of thiophene rings is 5. The number of hydrogen-bond donors (Lipinski definition) is 4. The summed E-state index contributed by atoms with van der Waals surface area (Å²) in [5.41, 5.74) is 6.84. The molecule has 0 atom stereocenters. The van der Waals surface area contributed by atoms with Gasteiger partial charge < -0.3 is 53.3 Å². The van der Waals surface area contributed by atoms with Gasteiger partial charge >= 0.3 is 18.1 Å². The van der Waals surface area contributed by atoms with Crippen molar-refractivity contribution in [1.29, 1.82) is 0 Å². The zero-order valence-electron chi connectivity index (χ0n) is 63.5. The average molecular weight is 1600 g/mol. The van der Waals surface area contributed by atoms with E-state index < -0.39 is 0 Å². The number of azo groups is 5. The van der Waals surface area contributed by atoms with Crippen LogP contribution in [-0.2, 0) is 53.2 Å². The minimum absolute atomic E-state index is 0.250. The zero-order chi connectivity index (χ0) is 80.3. The number of carbonyl (C=O) groups is 2. The summed E-state index contributed by atoms with van der Waals surface area (Å²) in [5, 5.41) is 81.1. The van der Waals surface area contributed by atoms with Gasteiger partial charge in [0.25, 0.3) is 0 Å². The summed E-state index contributed by atoms with van der Waals surface area (Å²) < 4.78 is 22.2. The second-order valence-electron chi connectivity index (χ2n) is 24.6. The van der Waals surface area contributed by atoms with Crippen LogP contribution < -0.4 is 9.80 Å². The highest BCUT2D eigenvalue weighted by atomic mass is 32.1. The number of phenols is 3. The molecule has 0 aliphatic rings. The van der Waals surface area contributed by atoms with Crippen molar-refractivity contribution in [2.45, 2.75) is 61.4 Å². The first kappa shape index (κ1) is 81.8. The Balaban J connectivity index is 0.000000148. The number of aromatic hydroxyl groups is 3. The summed E-state index contributed by atoms with van der Waals surface area (Å²) in [6.45, 7) is 15.2. The highest BCUT2D eigenvalue weighted by Crippen LogP contribution is 2.46. The van der Waals surface area contributed by atoms with Crippen molar-refractivity contribution in [2.24, 2.45) is 72.3 Å². The Bertz CT molecular complexity index is 5820. The van der Waals surface area contributed by atoms with Crippen LogP contribution in [0.25, 0.3) is 50.4 Å². The van der Waals surface area contributed by atoms with Gasteiger partial charge in [-0.2, -0.15) is 14.7 Å². The number of anilines is 2. The van der Waals surface area contributed by atoms with E-state index in [4.69, 9.17) is 19.1 Å². The number of carbonyl (C=O) groups excluding carboxylic acids is 4. The fourth-order valence-corrected chi connectivity index (χ4v) is 16.0. The third-order valence-electron chi connectivity index (χ3n) is 16.4. The Morgan fingerprint density at radius 3 is 1.43 bits per heavy atom. The number of aryl methyl sites for hydroxylation is 8. The van der Waals surface area contributed by atoms with E-state index in [1.54, 1.807) is 137 Å². The van der Waals surface area contributed by atoms with Gasteiger partial charge in [0.05, 0.1) is 80.5 Å². The molecule has 0 fully saturated rings. The highest BCUT2D eigenvalue weighted by Gasteiger charge is 2.21. The Morgan fingerprint density at radius 2 is 0.973 bits per heavy atom. The van der Waals surface area contributed by atoms with Crippen LogP contribution in [0, 0.1) is 20.8 Å². The van der Waals surface area contributed by atoms with Crippen LogP contribution in [0.3, 0.4) is 0 Å². The third kappa shape index (κ3) is 19.8. The molecular formula is C77H79N21O9S5. The predicted molar refractivity (Wildman–Crippen MR) is 442 cm³/mol. The van der Waals surface area contributed by atoms with Crippen molar-refractivity contribution >= 4 is 194 Å². The van der Waals surface area contributed by atoms with Gasteiger partial charge in [0, 0.05) is 121 Å². The third-order valence-corrected chi connectivity index (χ3v) is 21.9. The van der Waals surface area contributed by atoms with Gasteiger partial charge in [-0.15, -0.1) is 108 Å². The molecule has 10 heterocycles. The van der Waals surface area contributed by atoms with E-state index in [2.05, 4.69) is 83.1 Å². The molecule has 0 spiro atoms. The van der Waals surface area contributed by atoms with Crippen LogP contribution in [-0.4, -0.2) is 118 Å². The topological polar surface area (TPSA) is 365 Å². The molecular weight excluding hydrogens is 1520 g/mol. The molecule has 0 saturated heterocycles. The molecule has 0 amide bonds. The molecule has 0 aliphatic carbocycles. The summed E-state index contributed by atoms with van der Waals surface area (Å²) >= 11 is 7.57. The van der Waals surface area contributed by atoms with Gasteiger partial charge in [0.15, 0.2) is 29.1 Å². The van der Waals surface area contributed by atoms with E-state index in [1.807, 2.05) is 169 Å². The van der Waals surface area contributed by atoms with Gasteiger partial charge in [0.1, 0.15) is 55.4 Å². The van der Waals surface area contributed by atoms with Gasteiger partial charge in [-0.25, -0.2) is 29.2 Å². The van der Waals surface area contributed by atoms with E-state index >= 15 is 0 Å². The molecule has 0 bridgehead atoms. The second-order valence-corrected chi connectivity index (χ2v) is 30.5.